The van der Waals surface area contributed by atoms with Gasteiger partial charge in [-0.05, 0) is 43.7 Å². The van der Waals surface area contributed by atoms with Crippen LogP contribution in [0, 0.1) is 5.92 Å². The first-order valence-corrected chi connectivity index (χ1v) is 9.43. The minimum atomic E-state index is -0.462. The van der Waals surface area contributed by atoms with Gasteiger partial charge >= 0.3 is 5.97 Å². The number of esters is 1. The van der Waals surface area contributed by atoms with Gasteiger partial charge in [0, 0.05) is 48.5 Å². The molecule has 4 rings (SSSR count). The number of aromatic nitrogens is 1. The van der Waals surface area contributed by atoms with Gasteiger partial charge in [-0.1, -0.05) is 6.07 Å². The summed E-state index contributed by atoms with van der Waals surface area (Å²) in [7, 11) is 0. The van der Waals surface area contributed by atoms with E-state index in [2.05, 4.69) is 16.8 Å². The van der Waals surface area contributed by atoms with Crippen LogP contribution in [-0.4, -0.2) is 45.4 Å². The molecule has 0 bridgehead atoms. The number of carbonyl (C=O) groups excluding carboxylic acids is 2. The Bertz CT molecular complexity index is 897. The van der Waals surface area contributed by atoms with Crippen molar-refractivity contribution in [3.63, 3.8) is 0 Å². The molecule has 4 atom stereocenters. The van der Waals surface area contributed by atoms with E-state index in [1.165, 1.54) is 6.92 Å². The fourth-order valence-electron chi connectivity index (χ4n) is 4.55. The predicted molar refractivity (Wildman–Crippen MR) is 99.9 cm³/mol. The van der Waals surface area contributed by atoms with E-state index in [-0.39, 0.29) is 30.6 Å². The van der Waals surface area contributed by atoms with Gasteiger partial charge in [-0.25, -0.2) is 0 Å². The largest absolute Gasteiger partial charge is 0.456 e. The lowest BCUT2D eigenvalue weighted by molar-refractivity contribution is -0.152. The zero-order chi connectivity index (χ0) is 19.1. The van der Waals surface area contributed by atoms with Gasteiger partial charge in [-0.3, -0.25) is 19.5 Å². The molecule has 1 aliphatic carbocycles. The number of nitrogens with zero attached hydrogens (tertiary/aromatic N) is 2. The summed E-state index contributed by atoms with van der Waals surface area (Å²) in [5.41, 5.74) is 2.47. The quantitative estimate of drug-likeness (QED) is 0.817. The van der Waals surface area contributed by atoms with E-state index in [4.69, 9.17) is 4.74 Å². The molecule has 6 nitrogen and oxygen atoms in total. The van der Waals surface area contributed by atoms with E-state index >= 15 is 0 Å². The van der Waals surface area contributed by atoms with Crippen molar-refractivity contribution < 1.29 is 19.4 Å². The zero-order valence-electron chi connectivity index (χ0n) is 15.6. The Balaban J connectivity index is 1.73. The molecule has 2 fully saturated rings. The summed E-state index contributed by atoms with van der Waals surface area (Å²) in [6.07, 6.45) is 2.73. The van der Waals surface area contributed by atoms with E-state index in [1.807, 2.05) is 24.3 Å². The Morgan fingerprint density at radius 1 is 1.41 bits per heavy atom. The van der Waals surface area contributed by atoms with Crippen LogP contribution in [0.15, 0.2) is 30.5 Å². The van der Waals surface area contributed by atoms with Crippen molar-refractivity contribution in [2.45, 2.75) is 51.5 Å². The Hall–Kier alpha value is -2.31. The maximum atomic E-state index is 11.9. The topological polar surface area (TPSA) is 79.7 Å². The van der Waals surface area contributed by atoms with Crippen LogP contribution < -0.4 is 0 Å². The highest BCUT2D eigenvalue weighted by Crippen LogP contribution is 2.42. The summed E-state index contributed by atoms with van der Waals surface area (Å²) in [5.74, 6) is 0.150. The number of hydrogen-bond donors (Lipinski definition) is 1. The van der Waals surface area contributed by atoms with Crippen molar-refractivity contribution in [2.24, 2.45) is 5.92 Å². The monoisotopic (exact) mass is 368 g/mol. The van der Waals surface area contributed by atoms with Crippen molar-refractivity contribution in [1.29, 1.82) is 0 Å². The molecule has 0 spiro atoms. The summed E-state index contributed by atoms with van der Waals surface area (Å²) >= 11 is 0. The van der Waals surface area contributed by atoms with E-state index in [1.54, 1.807) is 6.20 Å². The molecule has 1 aromatic heterocycles. The molecular weight excluding hydrogens is 344 g/mol. The Kier molecular flexibility index (Phi) is 4.70. The van der Waals surface area contributed by atoms with Crippen LogP contribution in [0.5, 0.6) is 0 Å². The molecule has 2 aromatic rings. The van der Waals surface area contributed by atoms with Gasteiger partial charge in [-0.15, -0.1) is 0 Å². The third-order valence-corrected chi connectivity index (χ3v) is 6.00. The molecule has 0 radical (unpaired) electrons. The smallest absolute Gasteiger partial charge is 0.303 e. The summed E-state index contributed by atoms with van der Waals surface area (Å²) < 4.78 is 5.77. The molecular formula is C21H24N2O4. The van der Waals surface area contributed by atoms with E-state index in [0.29, 0.717) is 12.2 Å². The van der Waals surface area contributed by atoms with Crippen LogP contribution in [-0.2, 0) is 20.9 Å². The van der Waals surface area contributed by atoms with Crippen molar-refractivity contribution in [1.82, 2.24) is 9.88 Å². The van der Waals surface area contributed by atoms with Crippen molar-refractivity contribution in [2.75, 3.05) is 6.54 Å². The van der Waals surface area contributed by atoms with Crippen LogP contribution in [0.2, 0.25) is 0 Å². The zero-order valence-corrected chi connectivity index (χ0v) is 15.6. The highest BCUT2D eigenvalue weighted by atomic mass is 16.5. The van der Waals surface area contributed by atoms with Crippen LogP contribution in [0.3, 0.4) is 0 Å². The molecule has 2 aliphatic rings. The first-order valence-electron chi connectivity index (χ1n) is 9.43. The number of carbonyl (C=O) groups is 2. The lowest BCUT2D eigenvalue weighted by atomic mass is 9.78. The number of ether oxygens (including phenoxy) is 1. The maximum absolute atomic E-state index is 11.9. The highest BCUT2D eigenvalue weighted by Gasteiger charge is 2.50. The number of aliphatic hydroxyl groups is 1. The molecule has 27 heavy (non-hydrogen) atoms. The van der Waals surface area contributed by atoms with Gasteiger partial charge in [0.05, 0.1) is 12.1 Å². The third kappa shape index (κ3) is 3.13. The minimum Gasteiger partial charge on any atom is -0.456 e. The van der Waals surface area contributed by atoms with Gasteiger partial charge in [0.15, 0.2) is 0 Å². The Morgan fingerprint density at radius 3 is 2.89 bits per heavy atom. The second-order valence-electron chi connectivity index (χ2n) is 7.55. The number of fused-ring (bicyclic) bond motifs is 2. The highest BCUT2D eigenvalue weighted by molar-refractivity contribution is 5.89. The maximum Gasteiger partial charge on any atom is 0.303 e. The van der Waals surface area contributed by atoms with Gasteiger partial charge in [0.2, 0.25) is 0 Å². The molecule has 1 saturated heterocycles. The summed E-state index contributed by atoms with van der Waals surface area (Å²) in [4.78, 5) is 30.4. The number of ketones is 1. The number of rotatable bonds is 5. The predicted octanol–water partition coefficient (Wildman–Crippen LogP) is 2.38. The number of aliphatic hydroxyl groups excluding tert-OH is 1. The first kappa shape index (κ1) is 18.1. The molecule has 1 aliphatic heterocycles. The van der Waals surface area contributed by atoms with Crippen molar-refractivity contribution in [3.05, 3.63) is 41.6 Å². The standard InChI is InChI=1S/C21H24N2O4/c1-12(23-8-6-16-19(23)10-20(16)26)21(27-13(2)25)15-5-7-22-18-4-3-14(11-24)9-17(15)18/h3-5,7,9,12,16,19,21,24H,6,8,10-11H2,1-2H3/t12-,16-,19?,21+/m1/s1. The lowest BCUT2D eigenvalue weighted by Gasteiger charge is -2.40. The van der Waals surface area contributed by atoms with Crippen LogP contribution >= 0.6 is 0 Å². The average molecular weight is 368 g/mol. The van der Waals surface area contributed by atoms with Gasteiger partial charge in [-0.2, -0.15) is 0 Å². The Labute approximate surface area is 158 Å². The first-order chi connectivity index (χ1) is 13.0. The Morgan fingerprint density at radius 2 is 2.22 bits per heavy atom. The van der Waals surface area contributed by atoms with Gasteiger partial charge in [0.1, 0.15) is 11.9 Å². The van der Waals surface area contributed by atoms with Crippen LogP contribution in [0.1, 0.15) is 43.9 Å². The second-order valence-corrected chi connectivity index (χ2v) is 7.55. The van der Waals surface area contributed by atoms with Crippen molar-refractivity contribution >= 4 is 22.7 Å². The van der Waals surface area contributed by atoms with E-state index in [9.17, 15) is 14.7 Å². The van der Waals surface area contributed by atoms with Crippen molar-refractivity contribution in [3.8, 4) is 0 Å². The second kappa shape index (κ2) is 7.02. The summed E-state index contributed by atoms with van der Waals surface area (Å²) in [6, 6.07) is 7.70. The summed E-state index contributed by atoms with van der Waals surface area (Å²) in [5, 5.41) is 10.4. The molecule has 6 heteroatoms. The lowest BCUT2D eigenvalue weighted by Crippen LogP contribution is -2.51. The molecule has 142 valence electrons. The number of likely N-dealkylation sites (tertiary alicyclic amines) is 1. The number of pyridine rings is 1. The molecule has 1 aromatic carbocycles. The number of benzene rings is 1. The SMILES string of the molecule is CC(=O)O[C@H](c1ccnc2ccc(CO)cc12)[C@@H](C)N1CC[C@H]2C(=O)CC21. The summed E-state index contributed by atoms with van der Waals surface area (Å²) in [6.45, 7) is 4.25. The third-order valence-electron chi connectivity index (χ3n) is 6.00. The number of hydrogen-bond acceptors (Lipinski definition) is 6. The van der Waals surface area contributed by atoms with E-state index < -0.39 is 6.10 Å². The van der Waals surface area contributed by atoms with Crippen LogP contribution in [0.25, 0.3) is 10.9 Å². The molecule has 1 saturated carbocycles. The molecule has 1 unspecified atom stereocenters. The molecule has 0 amide bonds. The molecule has 1 N–H and O–H groups in total. The normalized spacial score (nSPS) is 24.3. The van der Waals surface area contributed by atoms with Crippen LogP contribution in [0.4, 0.5) is 0 Å². The van der Waals surface area contributed by atoms with Gasteiger partial charge in [0.25, 0.3) is 0 Å². The average Bonchev–Trinajstić information content (AvgIpc) is 3.01. The van der Waals surface area contributed by atoms with Gasteiger partial charge < -0.3 is 9.84 Å². The minimum absolute atomic E-state index is 0.0552. The van der Waals surface area contributed by atoms with E-state index in [0.717, 1.165) is 35.0 Å². The fourth-order valence-corrected chi connectivity index (χ4v) is 4.55. The molecule has 2 heterocycles. The number of Topliss-reactive ketones (excluding diaryl/α,β-unsaturated/α-hetero) is 1. The fraction of sp³-hybridized carbons (Fsp3) is 0.476.